The van der Waals surface area contributed by atoms with Gasteiger partial charge in [-0.25, -0.2) is 14.8 Å². The average molecular weight is 501 g/mol. The normalized spacial score (nSPS) is 11.3. The molecular weight excluding hydrogens is 487 g/mol. The Morgan fingerprint density at radius 1 is 1.26 bits per heavy atom. The smallest absolute Gasteiger partial charge is 0.294 e. The Bertz CT molecular complexity index is 1410. The van der Waals surface area contributed by atoms with Crippen molar-refractivity contribution in [2.45, 2.75) is 0 Å². The minimum atomic E-state index is -0.584. The first kappa shape index (κ1) is 23.0. The second kappa shape index (κ2) is 10.2. The zero-order chi connectivity index (χ0) is 24.1. The second-order valence-electron chi connectivity index (χ2n) is 6.62. The van der Waals surface area contributed by atoms with Gasteiger partial charge in [-0.1, -0.05) is 11.6 Å². The number of rotatable bonds is 7. The van der Waals surface area contributed by atoms with Crippen LogP contribution in [0.5, 0.6) is 5.88 Å². The molecule has 2 aromatic carbocycles. The van der Waals surface area contributed by atoms with E-state index in [0.717, 1.165) is 11.3 Å². The standard InChI is InChI=1S/C21H14ClFN6O4S/c22-14-3-6-16(17(9-14)29(31)32)28-18(13-1-4-15(23)5-2-13)12-34-21(28)27-26-19(30)11-33-20-10-24-7-8-25-20/h1-10,12H,11H2,(H,26,30)/b27-21-. The van der Waals surface area contributed by atoms with E-state index in [1.165, 1.54) is 65.6 Å². The number of nitrogens with zero attached hydrogens (tertiary/aromatic N) is 5. The lowest BCUT2D eigenvalue weighted by Crippen LogP contribution is -2.28. The molecule has 34 heavy (non-hydrogen) atoms. The maximum absolute atomic E-state index is 13.5. The van der Waals surface area contributed by atoms with Gasteiger partial charge in [-0.2, -0.15) is 0 Å². The van der Waals surface area contributed by atoms with Crippen molar-refractivity contribution in [1.29, 1.82) is 0 Å². The predicted molar refractivity (Wildman–Crippen MR) is 122 cm³/mol. The number of thiazole rings is 1. The van der Waals surface area contributed by atoms with E-state index in [0.29, 0.717) is 11.3 Å². The molecule has 0 aliphatic heterocycles. The van der Waals surface area contributed by atoms with Crippen LogP contribution in [-0.4, -0.2) is 32.0 Å². The summed E-state index contributed by atoms with van der Waals surface area (Å²) >= 11 is 7.09. The summed E-state index contributed by atoms with van der Waals surface area (Å²) in [5.74, 6) is -0.845. The summed E-state index contributed by atoms with van der Waals surface area (Å²) in [6.45, 7) is -0.376. The van der Waals surface area contributed by atoms with Crippen LogP contribution in [0.3, 0.4) is 0 Å². The molecule has 10 nitrogen and oxygen atoms in total. The molecular formula is C21H14ClFN6O4S. The largest absolute Gasteiger partial charge is 0.466 e. The molecule has 0 spiro atoms. The Kier molecular flexibility index (Phi) is 6.90. The van der Waals surface area contributed by atoms with Gasteiger partial charge in [0, 0.05) is 28.9 Å². The van der Waals surface area contributed by atoms with E-state index < -0.39 is 16.6 Å². The van der Waals surface area contributed by atoms with Crippen LogP contribution in [0.15, 0.2) is 71.5 Å². The summed E-state index contributed by atoms with van der Waals surface area (Å²) in [5, 5.41) is 17.7. The van der Waals surface area contributed by atoms with Gasteiger partial charge in [0.15, 0.2) is 6.61 Å². The highest BCUT2D eigenvalue weighted by atomic mass is 35.5. The zero-order valence-corrected chi connectivity index (χ0v) is 18.7. The summed E-state index contributed by atoms with van der Waals surface area (Å²) in [6, 6.07) is 9.80. The van der Waals surface area contributed by atoms with E-state index >= 15 is 0 Å². The van der Waals surface area contributed by atoms with E-state index in [9.17, 15) is 19.3 Å². The quantitative estimate of drug-likeness (QED) is 0.304. The van der Waals surface area contributed by atoms with Crippen molar-refractivity contribution < 1.29 is 18.8 Å². The van der Waals surface area contributed by atoms with E-state index in [4.69, 9.17) is 16.3 Å². The molecule has 0 aliphatic rings. The van der Waals surface area contributed by atoms with Crippen molar-refractivity contribution in [1.82, 2.24) is 20.0 Å². The molecule has 0 aliphatic carbocycles. The summed E-state index contributed by atoms with van der Waals surface area (Å²) in [6.07, 6.45) is 4.24. The molecule has 13 heteroatoms. The van der Waals surface area contributed by atoms with Gasteiger partial charge in [0.05, 0.1) is 16.8 Å². The van der Waals surface area contributed by atoms with Gasteiger partial charge >= 0.3 is 0 Å². The maximum atomic E-state index is 13.5. The van der Waals surface area contributed by atoms with E-state index in [1.807, 2.05) is 0 Å². The molecule has 4 aromatic rings. The fourth-order valence-electron chi connectivity index (χ4n) is 2.92. The first-order valence-electron chi connectivity index (χ1n) is 9.54. The van der Waals surface area contributed by atoms with Gasteiger partial charge in [-0.05, 0) is 42.0 Å². The number of nitrogens with one attached hydrogen (secondary N) is 1. The number of hydrogen-bond donors (Lipinski definition) is 1. The Balaban J connectivity index is 1.73. The van der Waals surface area contributed by atoms with Crippen molar-refractivity contribution in [2.75, 3.05) is 6.61 Å². The van der Waals surface area contributed by atoms with Gasteiger partial charge < -0.3 is 4.74 Å². The molecule has 0 atom stereocenters. The van der Waals surface area contributed by atoms with Crippen molar-refractivity contribution >= 4 is 34.5 Å². The second-order valence-corrected chi connectivity index (χ2v) is 7.89. The first-order chi connectivity index (χ1) is 16.4. The third-order valence-electron chi connectivity index (χ3n) is 4.39. The predicted octanol–water partition coefficient (Wildman–Crippen LogP) is 3.71. The molecule has 1 N–H and O–H groups in total. The fourth-order valence-corrected chi connectivity index (χ4v) is 3.94. The molecule has 2 heterocycles. The molecule has 0 saturated carbocycles. The number of carbonyl (C=O) groups excluding carboxylic acids is 1. The number of aromatic nitrogens is 3. The minimum absolute atomic E-state index is 0.166. The summed E-state index contributed by atoms with van der Waals surface area (Å²) < 4.78 is 20.2. The number of nitro benzene ring substituents is 1. The van der Waals surface area contributed by atoms with Crippen LogP contribution < -0.4 is 15.0 Å². The highest BCUT2D eigenvalue weighted by molar-refractivity contribution is 7.07. The van der Waals surface area contributed by atoms with Crippen molar-refractivity contribution in [3.63, 3.8) is 0 Å². The van der Waals surface area contributed by atoms with Crippen molar-refractivity contribution in [3.05, 3.63) is 92.2 Å². The number of benzene rings is 2. The van der Waals surface area contributed by atoms with E-state index in [2.05, 4.69) is 20.5 Å². The van der Waals surface area contributed by atoms with Gasteiger partial charge in [0.1, 0.15) is 11.5 Å². The summed E-state index contributed by atoms with van der Waals surface area (Å²) in [4.78, 5) is 31.3. The lowest BCUT2D eigenvalue weighted by molar-refractivity contribution is -0.384. The lowest BCUT2D eigenvalue weighted by atomic mass is 10.1. The molecule has 0 saturated heterocycles. The summed E-state index contributed by atoms with van der Waals surface area (Å²) in [7, 11) is 0. The number of ether oxygens (including phenoxy) is 1. The third-order valence-corrected chi connectivity index (χ3v) is 5.45. The van der Waals surface area contributed by atoms with Crippen molar-refractivity contribution in [2.24, 2.45) is 5.10 Å². The molecule has 0 radical (unpaired) electrons. The molecule has 172 valence electrons. The fraction of sp³-hybridized carbons (Fsp3) is 0.0476. The zero-order valence-electron chi connectivity index (χ0n) is 17.1. The summed E-state index contributed by atoms with van der Waals surface area (Å²) in [5.41, 5.74) is 3.34. The number of nitro groups is 1. The highest BCUT2D eigenvalue weighted by Gasteiger charge is 2.21. The van der Waals surface area contributed by atoms with Gasteiger partial charge in [0.2, 0.25) is 10.7 Å². The number of halogens is 2. The van der Waals surface area contributed by atoms with Crippen LogP contribution in [-0.2, 0) is 4.79 Å². The van der Waals surface area contributed by atoms with Crippen LogP contribution in [0.2, 0.25) is 5.02 Å². The van der Waals surface area contributed by atoms with Crippen LogP contribution in [0, 0.1) is 15.9 Å². The van der Waals surface area contributed by atoms with Crippen LogP contribution in [0.25, 0.3) is 16.9 Å². The Labute approximate surface area is 200 Å². The lowest BCUT2D eigenvalue weighted by Gasteiger charge is -2.10. The third kappa shape index (κ3) is 5.24. The molecule has 4 rings (SSSR count). The maximum Gasteiger partial charge on any atom is 0.294 e. The van der Waals surface area contributed by atoms with Gasteiger partial charge in [-0.15, -0.1) is 16.4 Å². The highest BCUT2D eigenvalue weighted by Crippen LogP contribution is 2.30. The first-order valence-corrected chi connectivity index (χ1v) is 10.8. The van der Waals surface area contributed by atoms with Crippen LogP contribution in [0.4, 0.5) is 10.1 Å². The van der Waals surface area contributed by atoms with Crippen LogP contribution >= 0.6 is 22.9 Å². The molecule has 2 aromatic heterocycles. The van der Waals surface area contributed by atoms with Gasteiger partial charge in [-0.3, -0.25) is 24.5 Å². The molecule has 0 bridgehead atoms. The average Bonchev–Trinajstić information content (AvgIpc) is 3.26. The van der Waals surface area contributed by atoms with Crippen molar-refractivity contribution in [3.8, 4) is 22.8 Å². The van der Waals surface area contributed by atoms with Crippen LogP contribution in [0.1, 0.15) is 0 Å². The Hall–Kier alpha value is -4.16. The monoisotopic (exact) mass is 500 g/mol. The van der Waals surface area contributed by atoms with Gasteiger partial charge in [0.25, 0.3) is 11.6 Å². The molecule has 1 amide bonds. The SMILES string of the molecule is O=C(COc1cnccn1)N/N=c1\scc(-c2ccc(F)cc2)n1-c1ccc(Cl)cc1[N+](=O)[O-]. The van der Waals surface area contributed by atoms with E-state index in [-0.39, 0.29) is 33.7 Å². The number of hydrogen-bond acceptors (Lipinski definition) is 8. The molecule has 0 fully saturated rings. The Morgan fingerprint density at radius 2 is 2.06 bits per heavy atom. The number of carbonyl (C=O) groups is 1. The topological polar surface area (TPSA) is 125 Å². The molecule has 0 unspecified atom stereocenters. The number of amides is 1. The van der Waals surface area contributed by atoms with E-state index in [1.54, 1.807) is 5.38 Å². The Morgan fingerprint density at radius 3 is 2.76 bits per heavy atom. The minimum Gasteiger partial charge on any atom is -0.466 e.